The molecular formula is C12H13F3O3S. The number of halogens is 3. The summed E-state index contributed by atoms with van der Waals surface area (Å²) in [4.78, 5) is 0. The number of fused-ring (bicyclic) bond motifs is 1. The first-order valence-electron chi connectivity index (χ1n) is 5.92. The van der Waals surface area contributed by atoms with Crippen LogP contribution in [0.15, 0.2) is 18.2 Å². The van der Waals surface area contributed by atoms with Crippen molar-refractivity contribution in [1.82, 2.24) is 0 Å². The van der Waals surface area contributed by atoms with Crippen molar-refractivity contribution in [1.29, 1.82) is 0 Å². The average Bonchev–Trinajstić information content (AvgIpc) is 2.51. The van der Waals surface area contributed by atoms with Crippen LogP contribution in [-0.2, 0) is 23.0 Å². The molecule has 1 aromatic carbocycles. The highest BCUT2D eigenvalue weighted by atomic mass is 32.2. The maximum absolute atomic E-state index is 12.2. The number of aryl methyl sites for hydroxylation is 2. The van der Waals surface area contributed by atoms with Crippen LogP contribution in [0.1, 0.15) is 30.4 Å². The molecule has 1 aliphatic carbocycles. The molecule has 0 spiro atoms. The van der Waals surface area contributed by atoms with Crippen LogP contribution in [0.2, 0.25) is 0 Å². The molecule has 0 heterocycles. The first kappa shape index (κ1) is 14.2. The van der Waals surface area contributed by atoms with Crippen LogP contribution >= 0.6 is 0 Å². The van der Waals surface area contributed by atoms with Gasteiger partial charge in [0.05, 0.1) is 0 Å². The van der Waals surface area contributed by atoms with Crippen LogP contribution in [0.5, 0.6) is 5.75 Å². The summed E-state index contributed by atoms with van der Waals surface area (Å²) in [5.41, 5.74) is -3.48. The Morgan fingerprint density at radius 1 is 1.00 bits per heavy atom. The Labute approximate surface area is 109 Å². The molecule has 1 aliphatic rings. The number of rotatable bonds is 2. The summed E-state index contributed by atoms with van der Waals surface area (Å²) in [6, 6.07) is 4.30. The summed E-state index contributed by atoms with van der Waals surface area (Å²) in [6.45, 7) is 0. The molecule has 0 N–H and O–H groups in total. The summed E-state index contributed by atoms with van der Waals surface area (Å²) in [6.07, 6.45) is 4.64. The molecule has 2 rings (SSSR count). The normalized spacial score (nSPS) is 16.6. The highest BCUT2D eigenvalue weighted by Gasteiger charge is 2.48. The SMILES string of the molecule is O=S(=O)(Oc1ccc2c(c1)CCCCC2)C(F)(F)F. The lowest BCUT2D eigenvalue weighted by molar-refractivity contribution is -0.0500. The standard InChI is InChI=1S/C12H13F3O3S/c13-12(14,15)19(16,17)18-11-7-6-9-4-2-1-3-5-10(9)8-11/h6-8H,1-5H2. The van der Waals surface area contributed by atoms with E-state index >= 15 is 0 Å². The minimum atomic E-state index is -5.59. The Bertz CT molecular complexity index is 564. The lowest BCUT2D eigenvalue weighted by Crippen LogP contribution is -2.28. The second-order valence-electron chi connectivity index (χ2n) is 4.47. The summed E-state index contributed by atoms with van der Waals surface area (Å²) in [7, 11) is -5.59. The predicted molar refractivity (Wildman–Crippen MR) is 63.3 cm³/mol. The van der Waals surface area contributed by atoms with Crippen LogP contribution in [-0.4, -0.2) is 13.9 Å². The smallest absolute Gasteiger partial charge is 0.376 e. The zero-order valence-electron chi connectivity index (χ0n) is 10.0. The van der Waals surface area contributed by atoms with E-state index in [2.05, 4.69) is 4.18 Å². The molecule has 106 valence electrons. The number of alkyl halides is 3. The first-order chi connectivity index (χ1) is 8.79. The third-order valence-corrected chi connectivity index (χ3v) is 4.04. The zero-order chi connectivity index (χ0) is 14.1. The first-order valence-corrected chi connectivity index (χ1v) is 7.33. The molecule has 7 heteroatoms. The Balaban J connectivity index is 2.26. The molecule has 0 atom stereocenters. The van der Waals surface area contributed by atoms with E-state index in [0.717, 1.165) is 43.2 Å². The van der Waals surface area contributed by atoms with E-state index in [1.165, 1.54) is 12.1 Å². The van der Waals surface area contributed by atoms with Crippen molar-refractivity contribution in [3.63, 3.8) is 0 Å². The fourth-order valence-corrected chi connectivity index (χ4v) is 2.56. The number of benzene rings is 1. The quantitative estimate of drug-likeness (QED) is 0.478. The van der Waals surface area contributed by atoms with Gasteiger partial charge < -0.3 is 4.18 Å². The van der Waals surface area contributed by atoms with Crippen molar-refractivity contribution in [2.45, 2.75) is 37.6 Å². The third-order valence-electron chi connectivity index (χ3n) is 3.06. The van der Waals surface area contributed by atoms with Gasteiger partial charge in [0, 0.05) is 0 Å². The van der Waals surface area contributed by atoms with Gasteiger partial charge in [-0.25, -0.2) is 0 Å². The Morgan fingerprint density at radius 3 is 2.26 bits per heavy atom. The fourth-order valence-electron chi connectivity index (χ4n) is 2.11. The zero-order valence-corrected chi connectivity index (χ0v) is 10.9. The Hall–Kier alpha value is -1.24. The van der Waals surface area contributed by atoms with E-state index in [0.29, 0.717) is 0 Å². The van der Waals surface area contributed by atoms with Crippen LogP contribution in [0.4, 0.5) is 13.2 Å². The van der Waals surface area contributed by atoms with E-state index in [1.807, 2.05) is 0 Å². The van der Waals surface area contributed by atoms with E-state index in [4.69, 9.17) is 0 Å². The van der Waals surface area contributed by atoms with E-state index in [1.54, 1.807) is 6.07 Å². The Morgan fingerprint density at radius 2 is 1.63 bits per heavy atom. The van der Waals surface area contributed by atoms with Gasteiger partial charge in [0.15, 0.2) is 0 Å². The van der Waals surface area contributed by atoms with Crippen molar-refractivity contribution in [2.75, 3.05) is 0 Å². The van der Waals surface area contributed by atoms with Gasteiger partial charge in [-0.3, -0.25) is 0 Å². The van der Waals surface area contributed by atoms with E-state index < -0.39 is 15.6 Å². The maximum atomic E-state index is 12.2. The largest absolute Gasteiger partial charge is 0.534 e. The molecule has 0 radical (unpaired) electrons. The fraction of sp³-hybridized carbons (Fsp3) is 0.500. The van der Waals surface area contributed by atoms with Crippen LogP contribution in [0.25, 0.3) is 0 Å². The predicted octanol–water partition coefficient (Wildman–Crippen LogP) is 3.18. The second kappa shape index (κ2) is 5.03. The molecule has 19 heavy (non-hydrogen) atoms. The van der Waals surface area contributed by atoms with Gasteiger partial charge in [0.25, 0.3) is 0 Å². The molecule has 0 aromatic heterocycles. The van der Waals surface area contributed by atoms with Gasteiger partial charge >= 0.3 is 15.6 Å². The minimum Gasteiger partial charge on any atom is -0.376 e. The van der Waals surface area contributed by atoms with Crippen LogP contribution in [0.3, 0.4) is 0 Å². The molecule has 0 saturated heterocycles. The monoisotopic (exact) mass is 294 g/mol. The van der Waals surface area contributed by atoms with Crippen molar-refractivity contribution >= 4 is 10.1 Å². The molecule has 0 aliphatic heterocycles. The second-order valence-corrected chi connectivity index (χ2v) is 6.01. The summed E-state index contributed by atoms with van der Waals surface area (Å²) in [5, 5.41) is 0. The van der Waals surface area contributed by atoms with Crippen molar-refractivity contribution in [3.05, 3.63) is 29.3 Å². The summed E-state index contributed by atoms with van der Waals surface area (Å²) < 4.78 is 62.6. The lowest BCUT2D eigenvalue weighted by atomic mass is 10.0. The van der Waals surface area contributed by atoms with Crippen LogP contribution < -0.4 is 4.18 Å². The van der Waals surface area contributed by atoms with Crippen LogP contribution in [0, 0.1) is 0 Å². The maximum Gasteiger partial charge on any atom is 0.534 e. The van der Waals surface area contributed by atoms with Crippen molar-refractivity contribution in [2.24, 2.45) is 0 Å². The number of hydrogen-bond acceptors (Lipinski definition) is 3. The molecule has 0 amide bonds. The summed E-state index contributed by atoms with van der Waals surface area (Å²) in [5.74, 6) is -0.280. The summed E-state index contributed by atoms with van der Waals surface area (Å²) >= 11 is 0. The topological polar surface area (TPSA) is 43.4 Å². The van der Waals surface area contributed by atoms with Gasteiger partial charge in [-0.05, 0) is 48.9 Å². The van der Waals surface area contributed by atoms with Crippen molar-refractivity contribution in [3.8, 4) is 5.75 Å². The molecule has 1 aromatic rings. The number of hydrogen-bond donors (Lipinski definition) is 0. The van der Waals surface area contributed by atoms with Crippen molar-refractivity contribution < 1.29 is 25.8 Å². The molecular weight excluding hydrogens is 281 g/mol. The van der Waals surface area contributed by atoms with Gasteiger partial charge in [-0.15, -0.1) is 0 Å². The van der Waals surface area contributed by atoms with E-state index in [9.17, 15) is 21.6 Å². The van der Waals surface area contributed by atoms with E-state index in [-0.39, 0.29) is 5.75 Å². The highest BCUT2D eigenvalue weighted by molar-refractivity contribution is 7.87. The third kappa shape index (κ3) is 3.20. The van der Waals surface area contributed by atoms with Gasteiger partial charge in [-0.2, -0.15) is 21.6 Å². The highest BCUT2D eigenvalue weighted by Crippen LogP contribution is 2.29. The Kier molecular flexibility index (Phi) is 3.75. The minimum absolute atomic E-state index is 0.280. The van der Waals surface area contributed by atoms with Gasteiger partial charge in [0.1, 0.15) is 5.75 Å². The average molecular weight is 294 g/mol. The molecule has 0 fully saturated rings. The lowest BCUT2D eigenvalue weighted by Gasteiger charge is -2.11. The van der Waals surface area contributed by atoms with Gasteiger partial charge in [0.2, 0.25) is 0 Å². The molecule has 0 unspecified atom stereocenters. The van der Waals surface area contributed by atoms with Gasteiger partial charge in [-0.1, -0.05) is 12.5 Å². The molecule has 3 nitrogen and oxygen atoms in total. The molecule has 0 saturated carbocycles. The molecule has 0 bridgehead atoms.